The Kier molecular flexibility index (Phi) is 7.56. The smallest absolute Gasteiger partial charge is 0.333 e. The van der Waals surface area contributed by atoms with Gasteiger partial charge < -0.3 is 9.38 Å². The van der Waals surface area contributed by atoms with Gasteiger partial charge in [-0.2, -0.15) is 0 Å². The summed E-state index contributed by atoms with van der Waals surface area (Å²) in [6.07, 6.45) is 0. The highest BCUT2D eigenvalue weighted by Gasteiger charge is 2.49. The molecule has 0 atom stereocenters. The summed E-state index contributed by atoms with van der Waals surface area (Å²) in [5, 5.41) is 5.18. The standard InChI is InChI=1S/C63H41BN2S/c1-63(2)51-24-14-12-23-47(51)57-52(63)37-55-59-58(57)48-32-31-46-45-22-13-15-25-56(45)67-62(46)61(48)66(44-29-26-41(27-30-44)38-16-6-3-7-17-38)64(59)53-36-43(40-20-10-5-11-21-40)35-50-49-34-42(39-18-8-4-9-19-39)28-33-54(49)65(55)60(50)53/h3-37H,1-2H3. The van der Waals surface area contributed by atoms with Gasteiger partial charge in [0.15, 0.2) is 0 Å². The van der Waals surface area contributed by atoms with Crippen LogP contribution < -0.4 is 15.7 Å². The zero-order valence-corrected chi connectivity index (χ0v) is 37.9. The van der Waals surface area contributed by atoms with E-state index in [0.29, 0.717) is 0 Å². The van der Waals surface area contributed by atoms with Crippen molar-refractivity contribution in [1.29, 1.82) is 0 Å². The molecule has 2 nitrogen and oxygen atoms in total. The Bertz CT molecular complexity index is 4050. The average Bonchev–Trinajstić information content (AvgIpc) is 4.01. The van der Waals surface area contributed by atoms with Gasteiger partial charge in [0.05, 0.1) is 21.4 Å². The van der Waals surface area contributed by atoms with Crippen molar-refractivity contribution < 1.29 is 0 Å². The molecule has 0 saturated heterocycles. The Labute approximate surface area is 393 Å². The SMILES string of the molecule is CC1(C)c2ccccc2-c2c1cc1c3c2-c2ccc4c(sc5ccccc54)c2N(c2ccc(-c4ccccc4)cc2)B3c2cc(-c3ccccc3)cc3c4cc(-c5ccccc5)ccc4n-1c23. The maximum absolute atomic E-state index is 2.74. The van der Waals surface area contributed by atoms with Crippen LogP contribution in [0.2, 0.25) is 0 Å². The summed E-state index contributed by atoms with van der Waals surface area (Å²) in [5.74, 6) is 0. The third-order valence-corrected chi connectivity index (χ3v) is 16.5. The Morgan fingerprint density at radius 3 is 1.84 bits per heavy atom. The van der Waals surface area contributed by atoms with Gasteiger partial charge in [-0.25, -0.2) is 0 Å². The molecule has 0 unspecified atom stereocenters. The van der Waals surface area contributed by atoms with Crippen LogP contribution >= 0.6 is 11.3 Å². The number of hydrogen-bond acceptors (Lipinski definition) is 2. The average molecular weight is 869 g/mol. The number of fused-ring (bicyclic) bond motifs is 15. The lowest BCUT2D eigenvalue weighted by atomic mass is 9.43. The van der Waals surface area contributed by atoms with Gasteiger partial charge in [-0.15, -0.1) is 11.3 Å². The molecule has 0 radical (unpaired) electrons. The second-order valence-electron chi connectivity index (χ2n) is 19.2. The van der Waals surface area contributed by atoms with Gasteiger partial charge >= 0.3 is 6.85 Å². The van der Waals surface area contributed by atoms with Crippen molar-refractivity contribution in [3.63, 3.8) is 0 Å². The number of thiophene rings is 1. The fourth-order valence-electron chi connectivity index (χ4n) is 12.3. The van der Waals surface area contributed by atoms with Crippen LogP contribution in [-0.4, -0.2) is 11.4 Å². The summed E-state index contributed by atoms with van der Waals surface area (Å²) >= 11 is 1.94. The van der Waals surface area contributed by atoms with Crippen LogP contribution in [0.4, 0.5) is 11.4 Å². The predicted octanol–water partition coefficient (Wildman–Crippen LogP) is 15.7. The van der Waals surface area contributed by atoms with E-state index in [1.54, 1.807) is 0 Å². The van der Waals surface area contributed by atoms with E-state index in [9.17, 15) is 0 Å². The first-order valence-electron chi connectivity index (χ1n) is 23.5. The molecule has 2 aliphatic heterocycles. The molecule has 1 aliphatic carbocycles. The number of rotatable bonds is 4. The Hall–Kier alpha value is -7.92. The Morgan fingerprint density at radius 1 is 0.448 bits per heavy atom. The zero-order chi connectivity index (χ0) is 44.1. The van der Waals surface area contributed by atoms with Crippen LogP contribution in [0, 0.1) is 0 Å². The number of aromatic nitrogens is 1. The lowest BCUT2D eigenvalue weighted by Crippen LogP contribution is -2.61. The van der Waals surface area contributed by atoms with E-state index in [0.717, 1.165) is 0 Å². The molecule has 4 heterocycles. The minimum Gasteiger partial charge on any atom is -0.375 e. The molecule has 12 aromatic rings. The highest BCUT2D eigenvalue weighted by Crippen LogP contribution is 2.58. The van der Waals surface area contributed by atoms with E-state index in [1.165, 1.54) is 137 Å². The molecule has 312 valence electrons. The lowest BCUT2D eigenvalue weighted by molar-refractivity contribution is 0.660. The van der Waals surface area contributed by atoms with Gasteiger partial charge in [0.1, 0.15) is 0 Å². The van der Waals surface area contributed by atoms with Crippen molar-refractivity contribution in [2.75, 3.05) is 4.81 Å². The number of anilines is 2. The number of nitrogens with zero attached hydrogens (tertiary/aromatic N) is 2. The zero-order valence-electron chi connectivity index (χ0n) is 37.1. The summed E-state index contributed by atoms with van der Waals surface area (Å²) in [4.78, 5) is 2.74. The summed E-state index contributed by atoms with van der Waals surface area (Å²) in [6.45, 7) is 4.73. The summed E-state index contributed by atoms with van der Waals surface area (Å²) in [5.41, 5.74) is 24.3. The Morgan fingerprint density at radius 2 is 1.07 bits per heavy atom. The van der Waals surface area contributed by atoms with Crippen LogP contribution in [0.5, 0.6) is 0 Å². The molecule has 3 aliphatic rings. The highest BCUT2D eigenvalue weighted by atomic mass is 32.1. The quantitative estimate of drug-likeness (QED) is 0.160. The van der Waals surface area contributed by atoms with Crippen molar-refractivity contribution in [1.82, 2.24) is 4.57 Å². The molecular weight excluding hydrogens is 828 g/mol. The van der Waals surface area contributed by atoms with Gasteiger partial charge in [0.2, 0.25) is 0 Å². The van der Waals surface area contributed by atoms with Crippen LogP contribution in [0.1, 0.15) is 25.0 Å². The fraction of sp³-hybridized carbons (Fsp3) is 0.0476. The molecule has 15 rings (SSSR count). The molecule has 10 aromatic carbocycles. The maximum atomic E-state index is 2.74. The van der Waals surface area contributed by atoms with E-state index in [1.807, 2.05) is 11.3 Å². The highest BCUT2D eigenvalue weighted by molar-refractivity contribution is 7.26. The minimum atomic E-state index is -0.209. The van der Waals surface area contributed by atoms with Gasteiger partial charge in [0.25, 0.3) is 0 Å². The summed E-state index contributed by atoms with van der Waals surface area (Å²) in [6, 6.07) is 79.9. The van der Waals surface area contributed by atoms with E-state index in [4.69, 9.17) is 0 Å². The second-order valence-corrected chi connectivity index (χ2v) is 20.2. The topological polar surface area (TPSA) is 8.17 Å². The van der Waals surface area contributed by atoms with Crippen LogP contribution in [0.25, 0.3) is 103 Å². The lowest BCUT2D eigenvalue weighted by Gasteiger charge is -2.43. The van der Waals surface area contributed by atoms with Crippen LogP contribution in [0.15, 0.2) is 212 Å². The number of hydrogen-bond donors (Lipinski definition) is 0. The van der Waals surface area contributed by atoms with E-state index < -0.39 is 0 Å². The van der Waals surface area contributed by atoms with Crippen molar-refractivity contribution in [2.24, 2.45) is 0 Å². The maximum Gasteiger partial charge on any atom is 0.333 e. The largest absolute Gasteiger partial charge is 0.375 e. The molecule has 0 fully saturated rings. The molecular formula is C63H41BN2S. The summed E-state index contributed by atoms with van der Waals surface area (Å²) < 4.78 is 5.29. The van der Waals surface area contributed by atoms with E-state index in [-0.39, 0.29) is 12.3 Å². The summed E-state index contributed by atoms with van der Waals surface area (Å²) in [7, 11) is 0. The Balaban J connectivity index is 1.14. The second kappa shape index (κ2) is 13.6. The van der Waals surface area contributed by atoms with Crippen molar-refractivity contribution in [3.05, 3.63) is 223 Å². The molecule has 0 amide bonds. The van der Waals surface area contributed by atoms with Crippen molar-refractivity contribution in [3.8, 4) is 61.3 Å². The minimum absolute atomic E-state index is 0.145. The first-order chi connectivity index (χ1) is 33.0. The monoisotopic (exact) mass is 868 g/mol. The molecule has 0 spiro atoms. The fourth-order valence-corrected chi connectivity index (χ4v) is 13.6. The molecule has 67 heavy (non-hydrogen) atoms. The van der Waals surface area contributed by atoms with Gasteiger partial charge in [-0.1, -0.05) is 184 Å². The third-order valence-electron chi connectivity index (χ3n) is 15.3. The van der Waals surface area contributed by atoms with E-state index in [2.05, 4.69) is 236 Å². The normalized spacial score (nSPS) is 13.9. The molecule has 0 N–H and O–H groups in total. The van der Waals surface area contributed by atoms with Gasteiger partial charge in [-0.05, 0) is 115 Å². The van der Waals surface area contributed by atoms with E-state index >= 15 is 0 Å². The van der Waals surface area contributed by atoms with Crippen molar-refractivity contribution in [2.45, 2.75) is 19.3 Å². The number of benzene rings is 10. The molecule has 0 bridgehead atoms. The van der Waals surface area contributed by atoms with Gasteiger partial charge in [-0.3, -0.25) is 0 Å². The van der Waals surface area contributed by atoms with Crippen molar-refractivity contribution >= 4 is 82.5 Å². The molecule has 2 aromatic heterocycles. The molecule has 4 heteroatoms. The van der Waals surface area contributed by atoms with Crippen LogP contribution in [0.3, 0.4) is 0 Å². The van der Waals surface area contributed by atoms with Crippen LogP contribution in [-0.2, 0) is 5.41 Å². The third kappa shape index (κ3) is 5.06. The molecule has 0 saturated carbocycles. The van der Waals surface area contributed by atoms with Gasteiger partial charge in [0, 0.05) is 48.6 Å². The first kappa shape index (κ1) is 37.3. The predicted molar refractivity (Wildman–Crippen MR) is 287 cm³/mol. The first-order valence-corrected chi connectivity index (χ1v) is 24.3.